The summed E-state index contributed by atoms with van der Waals surface area (Å²) in [6.45, 7) is 2.09. The zero-order valence-electron chi connectivity index (χ0n) is 14.7. The van der Waals surface area contributed by atoms with Crippen molar-refractivity contribution in [3.05, 3.63) is 65.7 Å². The summed E-state index contributed by atoms with van der Waals surface area (Å²) in [5.41, 5.74) is 2.30. The maximum atomic E-state index is 12.4. The minimum absolute atomic E-state index is 0.140. The van der Waals surface area contributed by atoms with Crippen LogP contribution < -0.4 is 4.74 Å². The highest BCUT2D eigenvalue weighted by molar-refractivity contribution is 5.76. The van der Waals surface area contributed by atoms with Crippen molar-refractivity contribution < 1.29 is 14.3 Å². The fourth-order valence-corrected chi connectivity index (χ4v) is 3.12. The summed E-state index contributed by atoms with van der Waals surface area (Å²) in [6.07, 6.45) is 2.32. The third-order valence-corrected chi connectivity index (χ3v) is 4.59. The maximum Gasteiger partial charge on any atom is 0.222 e. The van der Waals surface area contributed by atoms with Crippen molar-refractivity contribution >= 4 is 5.91 Å². The lowest BCUT2D eigenvalue weighted by Gasteiger charge is -2.17. The molecule has 1 heterocycles. The second-order valence-electron chi connectivity index (χ2n) is 6.40. The summed E-state index contributed by atoms with van der Waals surface area (Å²) in [5, 5.41) is 0. The lowest BCUT2D eigenvalue weighted by Crippen LogP contribution is -2.30. The van der Waals surface area contributed by atoms with Gasteiger partial charge >= 0.3 is 0 Å². The third kappa shape index (κ3) is 5.07. The van der Waals surface area contributed by atoms with Crippen LogP contribution in [0.5, 0.6) is 5.75 Å². The number of ether oxygens (including phenoxy) is 2. The first-order chi connectivity index (χ1) is 12.2. The molecule has 1 saturated heterocycles. The number of benzene rings is 2. The standard InChI is InChI=1S/C21H25NO3/c1-24-19-9-5-8-17(14-19)10-11-21(23)22-13-12-20(15-22)25-16-18-6-3-2-4-7-18/h2-9,14,20H,10-13,15-16H2,1H3. The van der Waals surface area contributed by atoms with E-state index in [1.807, 2.05) is 47.4 Å². The van der Waals surface area contributed by atoms with Gasteiger partial charge in [0.25, 0.3) is 0 Å². The molecule has 1 aliphatic rings. The largest absolute Gasteiger partial charge is 0.497 e. The van der Waals surface area contributed by atoms with E-state index in [1.54, 1.807) is 7.11 Å². The van der Waals surface area contributed by atoms with Crippen molar-refractivity contribution in [2.45, 2.75) is 32.0 Å². The van der Waals surface area contributed by atoms with Gasteiger partial charge in [-0.05, 0) is 36.1 Å². The fraction of sp³-hybridized carbons (Fsp3) is 0.381. The summed E-state index contributed by atoms with van der Waals surface area (Å²) in [4.78, 5) is 14.4. The van der Waals surface area contributed by atoms with Gasteiger partial charge in [-0.2, -0.15) is 0 Å². The van der Waals surface area contributed by atoms with Gasteiger partial charge in [0.15, 0.2) is 0 Å². The molecule has 4 heteroatoms. The van der Waals surface area contributed by atoms with Crippen LogP contribution >= 0.6 is 0 Å². The van der Waals surface area contributed by atoms with Gasteiger partial charge in [0, 0.05) is 19.5 Å². The summed E-state index contributed by atoms with van der Waals surface area (Å²) >= 11 is 0. The Kier molecular flexibility index (Phi) is 6.07. The molecule has 1 unspecified atom stereocenters. The number of aryl methyl sites for hydroxylation is 1. The zero-order chi connectivity index (χ0) is 17.5. The Morgan fingerprint density at radius 3 is 2.72 bits per heavy atom. The Morgan fingerprint density at radius 2 is 1.92 bits per heavy atom. The predicted octanol–water partition coefficient (Wildman–Crippen LogP) is 3.45. The topological polar surface area (TPSA) is 38.8 Å². The van der Waals surface area contributed by atoms with Crippen LogP contribution in [0.4, 0.5) is 0 Å². The molecule has 1 amide bonds. The van der Waals surface area contributed by atoms with E-state index in [0.717, 1.165) is 30.7 Å². The minimum Gasteiger partial charge on any atom is -0.497 e. The van der Waals surface area contributed by atoms with Crippen LogP contribution in [-0.2, 0) is 22.6 Å². The van der Waals surface area contributed by atoms with Crippen LogP contribution in [0.2, 0.25) is 0 Å². The van der Waals surface area contributed by atoms with Crippen LogP contribution in [0.1, 0.15) is 24.0 Å². The van der Waals surface area contributed by atoms with E-state index in [1.165, 1.54) is 5.56 Å². The molecule has 25 heavy (non-hydrogen) atoms. The molecule has 2 aromatic rings. The molecular weight excluding hydrogens is 314 g/mol. The predicted molar refractivity (Wildman–Crippen MR) is 97.5 cm³/mol. The van der Waals surface area contributed by atoms with E-state index >= 15 is 0 Å². The molecule has 132 valence electrons. The lowest BCUT2D eigenvalue weighted by atomic mass is 10.1. The summed E-state index contributed by atoms with van der Waals surface area (Å²) in [7, 11) is 1.66. The molecular formula is C21H25NO3. The first-order valence-electron chi connectivity index (χ1n) is 8.81. The molecule has 0 saturated carbocycles. The number of hydrogen-bond acceptors (Lipinski definition) is 3. The number of amides is 1. The second kappa shape index (κ2) is 8.67. The fourth-order valence-electron chi connectivity index (χ4n) is 3.12. The summed E-state index contributed by atoms with van der Waals surface area (Å²) in [5.74, 6) is 1.04. The van der Waals surface area contributed by atoms with Gasteiger partial charge in [0.05, 0.1) is 19.8 Å². The molecule has 3 rings (SSSR count). The van der Waals surface area contributed by atoms with Crippen LogP contribution in [0.15, 0.2) is 54.6 Å². The van der Waals surface area contributed by atoms with Crippen molar-refractivity contribution in [3.63, 3.8) is 0 Å². The molecule has 0 bridgehead atoms. The molecule has 1 aliphatic heterocycles. The summed E-state index contributed by atoms with van der Waals surface area (Å²) in [6, 6.07) is 18.1. The number of rotatable bonds is 7. The van der Waals surface area contributed by atoms with Crippen molar-refractivity contribution in [2.24, 2.45) is 0 Å². The highest BCUT2D eigenvalue weighted by atomic mass is 16.5. The van der Waals surface area contributed by atoms with Gasteiger partial charge in [0.2, 0.25) is 5.91 Å². The lowest BCUT2D eigenvalue weighted by molar-refractivity contribution is -0.130. The van der Waals surface area contributed by atoms with Crippen LogP contribution in [0.3, 0.4) is 0 Å². The maximum absolute atomic E-state index is 12.4. The summed E-state index contributed by atoms with van der Waals surface area (Å²) < 4.78 is 11.2. The number of hydrogen-bond donors (Lipinski definition) is 0. The first-order valence-corrected chi connectivity index (χ1v) is 8.81. The number of methoxy groups -OCH3 is 1. The quantitative estimate of drug-likeness (QED) is 0.775. The van der Waals surface area contributed by atoms with Gasteiger partial charge in [0.1, 0.15) is 5.75 Å². The van der Waals surface area contributed by atoms with Gasteiger partial charge < -0.3 is 14.4 Å². The van der Waals surface area contributed by atoms with Gasteiger partial charge in [-0.25, -0.2) is 0 Å². The van der Waals surface area contributed by atoms with Gasteiger partial charge in [-0.3, -0.25) is 4.79 Å². The van der Waals surface area contributed by atoms with E-state index in [4.69, 9.17) is 9.47 Å². The molecule has 1 atom stereocenters. The first kappa shape index (κ1) is 17.5. The van der Waals surface area contributed by atoms with Crippen LogP contribution in [0, 0.1) is 0 Å². The molecule has 0 aromatic heterocycles. The molecule has 0 radical (unpaired) electrons. The average Bonchev–Trinajstić information content (AvgIpc) is 3.14. The highest BCUT2D eigenvalue weighted by Crippen LogP contribution is 2.18. The number of carbonyl (C=O) groups is 1. The Bertz CT molecular complexity index is 687. The number of carbonyl (C=O) groups excluding carboxylic acids is 1. The zero-order valence-corrected chi connectivity index (χ0v) is 14.7. The average molecular weight is 339 g/mol. The third-order valence-electron chi connectivity index (χ3n) is 4.59. The van der Waals surface area contributed by atoms with E-state index in [9.17, 15) is 4.79 Å². The van der Waals surface area contributed by atoms with E-state index < -0.39 is 0 Å². The molecule has 1 fully saturated rings. The van der Waals surface area contributed by atoms with Gasteiger partial charge in [-0.15, -0.1) is 0 Å². The SMILES string of the molecule is COc1cccc(CCC(=O)N2CCC(OCc3ccccc3)C2)c1. The number of likely N-dealkylation sites (tertiary alicyclic amines) is 1. The number of nitrogens with zero attached hydrogens (tertiary/aromatic N) is 1. The van der Waals surface area contributed by atoms with Gasteiger partial charge in [-0.1, -0.05) is 42.5 Å². The minimum atomic E-state index is 0.140. The molecule has 4 nitrogen and oxygen atoms in total. The van der Waals surface area contributed by atoms with Crippen molar-refractivity contribution in [1.29, 1.82) is 0 Å². The van der Waals surface area contributed by atoms with Crippen molar-refractivity contribution in [3.8, 4) is 5.75 Å². The molecule has 0 spiro atoms. The monoisotopic (exact) mass is 339 g/mol. The van der Waals surface area contributed by atoms with E-state index in [2.05, 4.69) is 12.1 Å². The molecule has 0 N–H and O–H groups in total. The van der Waals surface area contributed by atoms with Crippen molar-refractivity contribution in [2.75, 3.05) is 20.2 Å². The van der Waals surface area contributed by atoms with Crippen LogP contribution in [-0.4, -0.2) is 37.1 Å². The highest BCUT2D eigenvalue weighted by Gasteiger charge is 2.26. The Morgan fingerprint density at radius 1 is 1.12 bits per heavy atom. The van der Waals surface area contributed by atoms with Crippen LogP contribution in [0.25, 0.3) is 0 Å². The smallest absolute Gasteiger partial charge is 0.222 e. The second-order valence-corrected chi connectivity index (χ2v) is 6.40. The van der Waals surface area contributed by atoms with E-state index in [-0.39, 0.29) is 12.0 Å². The molecule has 2 aromatic carbocycles. The Labute approximate surface area is 149 Å². The van der Waals surface area contributed by atoms with Crippen molar-refractivity contribution in [1.82, 2.24) is 4.90 Å². The van der Waals surface area contributed by atoms with E-state index in [0.29, 0.717) is 19.6 Å². The Balaban J connectivity index is 1.42. The Hall–Kier alpha value is -2.33. The normalized spacial score (nSPS) is 16.8. The molecule has 0 aliphatic carbocycles.